The molecule has 92 valence electrons. The summed E-state index contributed by atoms with van der Waals surface area (Å²) in [5.41, 5.74) is 2.58. The number of ether oxygens (including phenoxy) is 1. The molecule has 1 heterocycles. The van der Waals surface area contributed by atoms with Crippen LogP contribution in [0.4, 0.5) is 0 Å². The van der Waals surface area contributed by atoms with Gasteiger partial charge in [0.2, 0.25) is 0 Å². The standard InChI is InChI=1S/C15H20O2/c1-12(2)4-3-5-13-6-9-15(10-7-13)11-8-14(16)17-15/h4,6,8,11H,3,5,7,9-10H2,1-2H3. The molecule has 0 radical (unpaired) electrons. The van der Waals surface area contributed by atoms with E-state index < -0.39 is 0 Å². The number of carbonyl (C=O) groups is 1. The molecule has 0 saturated heterocycles. The van der Waals surface area contributed by atoms with E-state index in [1.54, 1.807) is 6.08 Å². The summed E-state index contributed by atoms with van der Waals surface area (Å²) in [5.74, 6) is -0.189. The van der Waals surface area contributed by atoms with E-state index in [-0.39, 0.29) is 11.6 Å². The summed E-state index contributed by atoms with van der Waals surface area (Å²) in [6, 6.07) is 0. The zero-order valence-electron chi connectivity index (χ0n) is 10.7. The Kier molecular flexibility index (Phi) is 3.51. The average molecular weight is 232 g/mol. The van der Waals surface area contributed by atoms with Crippen molar-refractivity contribution in [2.75, 3.05) is 0 Å². The molecule has 2 heteroatoms. The van der Waals surface area contributed by atoms with Crippen LogP contribution in [0.1, 0.15) is 46.0 Å². The molecule has 1 spiro atoms. The highest BCUT2D eigenvalue weighted by Crippen LogP contribution is 2.36. The molecule has 1 aliphatic carbocycles. The monoisotopic (exact) mass is 232 g/mol. The van der Waals surface area contributed by atoms with Crippen molar-refractivity contribution in [3.63, 3.8) is 0 Å². The van der Waals surface area contributed by atoms with Crippen LogP contribution in [0.25, 0.3) is 0 Å². The number of carbonyl (C=O) groups excluding carboxylic acids is 1. The number of allylic oxidation sites excluding steroid dienone is 3. The second-order valence-corrected chi connectivity index (χ2v) is 5.21. The number of esters is 1. The van der Waals surface area contributed by atoms with Crippen LogP contribution < -0.4 is 0 Å². The van der Waals surface area contributed by atoms with Gasteiger partial charge in [0.1, 0.15) is 5.60 Å². The molecule has 1 unspecified atom stereocenters. The fourth-order valence-corrected chi connectivity index (χ4v) is 2.40. The van der Waals surface area contributed by atoms with Gasteiger partial charge in [-0.1, -0.05) is 23.3 Å². The molecule has 17 heavy (non-hydrogen) atoms. The van der Waals surface area contributed by atoms with Crippen LogP contribution in [0.5, 0.6) is 0 Å². The minimum atomic E-state index is -0.308. The first kappa shape index (κ1) is 12.2. The van der Waals surface area contributed by atoms with Crippen LogP contribution in [0.3, 0.4) is 0 Å². The van der Waals surface area contributed by atoms with Gasteiger partial charge in [-0.2, -0.15) is 0 Å². The Labute approximate surface area is 103 Å². The largest absolute Gasteiger partial charge is 0.451 e. The van der Waals surface area contributed by atoms with E-state index in [4.69, 9.17) is 4.74 Å². The summed E-state index contributed by atoms with van der Waals surface area (Å²) in [6.45, 7) is 4.26. The van der Waals surface area contributed by atoms with Gasteiger partial charge in [0.15, 0.2) is 0 Å². The third-order valence-electron chi connectivity index (χ3n) is 3.45. The first-order valence-electron chi connectivity index (χ1n) is 6.33. The SMILES string of the molecule is CC(C)=CCCC1=CCC2(C=CC(=O)O2)CC1. The topological polar surface area (TPSA) is 26.3 Å². The third-order valence-corrected chi connectivity index (χ3v) is 3.45. The first-order chi connectivity index (χ1) is 8.10. The maximum Gasteiger partial charge on any atom is 0.331 e. The summed E-state index contributed by atoms with van der Waals surface area (Å²) in [6.07, 6.45) is 13.1. The maximum atomic E-state index is 11.1. The summed E-state index contributed by atoms with van der Waals surface area (Å²) in [7, 11) is 0. The molecule has 2 aliphatic rings. The Morgan fingerprint density at radius 1 is 1.53 bits per heavy atom. The van der Waals surface area contributed by atoms with Gasteiger partial charge >= 0.3 is 5.97 Å². The molecule has 0 aromatic heterocycles. The normalized spacial score (nSPS) is 26.9. The Hall–Kier alpha value is -1.31. The lowest BCUT2D eigenvalue weighted by Gasteiger charge is -2.30. The van der Waals surface area contributed by atoms with E-state index in [1.165, 1.54) is 11.1 Å². The van der Waals surface area contributed by atoms with E-state index >= 15 is 0 Å². The molecule has 0 aromatic carbocycles. The first-order valence-corrected chi connectivity index (χ1v) is 6.33. The molecule has 2 nitrogen and oxygen atoms in total. The van der Waals surface area contributed by atoms with Crippen molar-refractivity contribution in [2.24, 2.45) is 0 Å². The quantitative estimate of drug-likeness (QED) is 0.548. The molecular formula is C15H20O2. The minimum Gasteiger partial charge on any atom is -0.451 e. The van der Waals surface area contributed by atoms with Gasteiger partial charge in [-0.25, -0.2) is 4.79 Å². The Morgan fingerprint density at radius 3 is 2.88 bits per heavy atom. The summed E-state index contributed by atoms with van der Waals surface area (Å²) in [4.78, 5) is 11.1. The van der Waals surface area contributed by atoms with Crippen LogP contribution in [0, 0.1) is 0 Å². The van der Waals surface area contributed by atoms with E-state index in [0.717, 1.165) is 32.1 Å². The van der Waals surface area contributed by atoms with Crippen molar-refractivity contribution in [1.82, 2.24) is 0 Å². The van der Waals surface area contributed by atoms with Gasteiger partial charge in [-0.3, -0.25) is 0 Å². The second kappa shape index (κ2) is 4.91. The van der Waals surface area contributed by atoms with Crippen LogP contribution >= 0.6 is 0 Å². The smallest absolute Gasteiger partial charge is 0.331 e. The molecule has 1 atom stereocenters. The van der Waals surface area contributed by atoms with Crippen molar-refractivity contribution in [1.29, 1.82) is 0 Å². The summed E-state index contributed by atoms with van der Waals surface area (Å²) in [5, 5.41) is 0. The fraction of sp³-hybridized carbons (Fsp3) is 0.533. The zero-order chi connectivity index (χ0) is 12.3. The fourth-order valence-electron chi connectivity index (χ4n) is 2.40. The summed E-state index contributed by atoms with van der Waals surface area (Å²) < 4.78 is 5.37. The lowest BCUT2D eigenvalue weighted by Crippen LogP contribution is -2.30. The molecule has 2 rings (SSSR count). The van der Waals surface area contributed by atoms with E-state index in [0.29, 0.717) is 0 Å². The number of hydrogen-bond donors (Lipinski definition) is 0. The average Bonchev–Trinajstić information content (AvgIpc) is 2.63. The number of hydrogen-bond acceptors (Lipinski definition) is 2. The van der Waals surface area contributed by atoms with Crippen molar-refractivity contribution in [3.8, 4) is 0 Å². The predicted molar refractivity (Wildman–Crippen MR) is 68.6 cm³/mol. The molecule has 1 aliphatic heterocycles. The van der Waals surface area contributed by atoms with Crippen LogP contribution in [0.15, 0.2) is 35.5 Å². The lowest BCUT2D eigenvalue weighted by molar-refractivity contribution is -0.146. The van der Waals surface area contributed by atoms with E-state index in [2.05, 4.69) is 26.0 Å². The lowest BCUT2D eigenvalue weighted by atomic mass is 9.84. The third kappa shape index (κ3) is 3.09. The Bertz CT molecular complexity index is 397. The van der Waals surface area contributed by atoms with E-state index in [9.17, 15) is 4.79 Å². The van der Waals surface area contributed by atoms with E-state index in [1.807, 2.05) is 6.08 Å². The van der Waals surface area contributed by atoms with Gasteiger partial charge in [0, 0.05) is 12.5 Å². The van der Waals surface area contributed by atoms with Crippen molar-refractivity contribution in [2.45, 2.75) is 51.6 Å². The Balaban J connectivity index is 1.87. The van der Waals surface area contributed by atoms with Crippen LogP contribution in [0.2, 0.25) is 0 Å². The molecule has 0 N–H and O–H groups in total. The molecule has 0 amide bonds. The molecular weight excluding hydrogens is 212 g/mol. The zero-order valence-corrected chi connectivity index (χ0v) is 10.7. The highest BCUT2D eigenvalue weighted by atomic mass is 16.6. The molecule has 0 fully saturated rings. The van der Waals surface area contributed by atoms with Crippen molar-refractivity contribution in [3.05, 3.63) is 35.5 Å². The van der Waals surface area contributed by atoms with Gasteiger partial charge in [-0.15, -0.1) is 0 Å². The highest BCUT2D eigenvalue weighted by Gasteiger charge is 2.36. The van der Waals surface area contributed by atoms with Crippen molar-refractivity contribution < 1.29 is 9.53 Å². The number of rotatable bonds is 3. The van der Waals surface area contributed by atoms with Gasteiger partial charge in [0.05, 0.1) is 0 Å². The highest BCUT2D eigenvalue weighted by molar-refractivity contribution is 5.85. The second-order valence-electron chi connectivity index (χ2n) is 5.21. The Morgan fingerprint density at radius 2 is 2.35 bits per heavy atom. The minimum absolute atomic E-state index is 0.189. The van der Waals surface area contributed by atoms with Crippen molar-refractivity contribution >= 4 is 5.97 Å². The van der Waals surface area contributed by atoms with Gasteiger partial charge in [-0.05, 0) is 45.6 Å². The summed E-state index contributed by atoms with van der Waals surface area (Å²) >= 11 is 0. The van der Waals surface area contributed by atoms with Gasteiger partial charge in [0.25, 0.3) is 0 Å². The predicted octanol–water partition coefficient (Wildman–Crippen LogP) is 3.69. The molecule has 0 saturated carbocycles. The molecule has 0 aromatic rings. The van der Waals surface area contributed by atoms with Crippen LogP contribution in [-0.4, -0.2) is 11.6 Å². The van der Waals surface area contributed by atoms with Gasteiger partial charge < -0.3 is 4.74 Å². The maximum absolute atomic E-state index is 11.1. The van der Waals surface area contributed by atoms with Crippen LogP contribution in [-0.2, 0) is 9.53 Å². The molecule has 0 bridgehead atoms.